The minimum atomic E-state index is -0.844. The summed E-state index contributed by atoms with van der Waals surface area (Å²) in [7, 11) is 0. The van der Waals surface area contributed by atoms with Crippen LogP contribution in [-0.4, -0.2) is 41.0 Å². The van der Waals surface area contributed by atoms with Crippen molar-refractivity contribution < 1.29 is 14.7 Å². The van der Waals surface area contributed by atoms with Gasteiger partial charge in [-0.2, -0.15) is 0 Å². The van der Waals surface area contributed by atoms with Crippen molar-refractivity contribution in [2.45, 2.75) is 45.1 Å². The Morgan fingerprint density at radius 2 is 2.05 bits per heavy atom. The van der Waals surface area contributed by atoms with E-state index in [0.717, 1.165) is 18.5 Å². The summed E-state index contributed by atoms with van der Waals surface area (Å²) in [4.78, 5) is 24.9. The number of amides is 1. The summed E-state index contributed by atoms with van der Waals surface area (Å²) in [5, 5.41) is 12.0. The molecule has 1 amide bonds. The zero-order valence-electron chi connectivity index (χ0n) is 13.2. The first kappa shape index (κ1) is 16.5. The van der Waals surface area contributed by atoms with Crippen LogP contribution >= 0.6 is 0 Å². The number of rotatable bonds is 6. The molecule has 22 heavy (non-hydrogen) atoms. The number of nitrogens with zero attached hydrogens (tertiary/aromatic N) is 1. The van der Waals surface area contributed by atoms with Crippen molar-refractivity contribution in [3.63, 3.8) is 0 Å². The topological polar surface area (TPSA) is 69.6 Å². The molecule has 2 atom stereocenters. The maximum atomic E-state index is 12.1. The molecular weight excluding hydrogens is 280 g/mol. The first-order valence-electron chi connectivity index (χ1n) is 7.88. The second-order valence-electron chi connectivity index (χ2n) is 5.95. The largest absolute Gasteiger partial charge is 0.480 e. The summed E-state index contributed by atoms with van der Waals surface area (Å²) >= 11 is 0. The third kappa shape index (κ3) is 4.07. The molecule has 0 spiro atoms. The lowest BCUT2D eigenvalue weighted by Crippen LogP contribution is -2.40. The highest BCUT2D eigenvalue weighted by molar-refractivity contribution is 5.92. The number of nitrogens with one attached hydrogen (secondary N) is 1. The van der Waals surface area contributed by atoms with Crippen molar-refractivity contribution in [2.75, 3.05) is 18.4 Å². The lowest BCUT2D eigenvalue weighted by molar-refractivity contribution is -0.142. The molecular formula is C17H24N2O3. The maximum absolute atomic E-state index is 12.1. The normalized spacial score (nSPS) is 19.8. The third-order valence-corrected chi connectivity index (χ3v) is 4.37. The smallest absolute Gasteiger partial charge is 0.320 e. The van der Waals surface area contributed by atoms with Crippen molar-refractivity contribution in [2.24, 2.45) is 0 Å². The zero-order chi connectivity index (χ0) is 16.1. The molecule has 1 aromatic carbocycles. The molecule has 1 aromatic rings. The Labute approximate surface area is 131 Å². The molecule has 1 saturated heterocycles. The van der Waals surface area contributed by atoms with E-state index >= 15 is 0 Å². The maximum Gasteiger partial charge on any atom is 0.320 e. The molecule has 0 aliphatic carbocycles. The Bertz CT molecular complexity index is 527. The lowest BCUT2D eigenvalue weighted by atomic mass is 9.99. The van der Waals surface area contributed by atoms with Gasteiger partial charge < -0.3 is 10.4 Å². The van der Waals surface area contributed by atoms with Gasteiger partial charge in [0.25, 0.3) is 0 Å². The molecule has 0 radical (unpaired) electrons. The van der Waals surface area contributed by atoms with Gasteiger partial charge >= 0.3 is 5.97 Å². The van der Waals surface area contributed by atoms with Gasteiger partial charge in [-0.1, -0.05) is 26.0 Å². The van der Waals surface area contributed by atoms with E-state index in [1.807, 2.05) is 24.3 Å². The van der Waals surface area contributed by atoms with E-state index in [4.69, 9.17) is 5.11 Å². The van der Waals surface area contributed by atoms with Gasteiger partial charge in [0.05, 0.1) is 6.54 Å². The number of carboxylic acids is 1. The van der Waals surface area contributed by atoms with Crippen LogP contribution in [-0.2, 0) is 9.59 Å². The van der Waals surface area contributed by atoms with Crippen LogP contribution in [0.4, 0.5) is 5.69 Å². The number of hydrogen-bond acceptors (Lipinski definition) is 3. The van der Waals surface area contributed by atoms with Gasteiger partial charge in [-0.05, 0) is 49.4 Å². The number of likely N-dealkylation sites (tertiary alicyclic amines) is 1. The van der Waals surface area contributed by atoms with Crippen molar-refractivity contribution in [3.8, 4) is 0 Å². The highest BCUT2D eigenvalue weighted by Gasteiger charge is 2.31. The van der Waals surface area contributed by atoms with Crippen LogP contribution in [0.25, 0.3) is 0 Å². The second kappa shape index (κ2) is 7.40. The predicted octanol–water partition coefficient (Wildman–Crippen LogP) is 2.69. The van der Waals surface area contributed by atoms with E-state index in [1.165, 1.54) is 5.56 Å². The minimum absolute atomic E-state index is 0.129. The molecule has 1 aliphatic heterocycles. The molecule has 120 valence electrons. The zero-order valence-corrected chi connectivity index (χ0v) is 13.2. The van der Waals surface area contributed by atoms with Crippen molar-refractivity contribution in [3.05, 3.63) is 29.8 Å². The van der Waals surface area contributed by atoms with Crippen LogP contribution in [0.3, 0.4) is 0 Å². The average molecular weight is 304 g/mol. The Hall–Kier alpha value is -1.88. The highest BCUT2D eigenvalue weighted by Crippen LogP contribution is 2.21. The summed E-state index contributed by atoms with van der Waals surface area (Å²) in [6.45, 7) is 5.11. The van der Waals surface area contributed by atoms with Crippen LogP contribution in [0.1, 0.15) is 44.6 Å². The second-order valence-corrected chi connectivity index (χ2v) is 5.95. The van der Waals surface area contributed by atoms with E-state index in [1.54, 1.807) is 4.90 Å². The van der Waals surface area contributed by atoms with Gasteiger partial charge in [0.1, 0.15) is 6.04 Å². The summed E-state index contributed by atoms with van der Waals surface area (Å²) in [6.07, 6.45) is 2.53. The van der Waals surface area contributed by atoms with Gasteiger partial charge in [-0.25, -0.2) is 0 Å². The van der Waals surface area contributed by atoms with Gasteiger partial charge in [0.15, 0.2) is 0 Å². The van der Waals surface area contributed by atoms with Crippen molar-refractivity contribution in [1.29, 1.82) is 0 Å². The van der Waals surface area contributed by atoms with E-state index in [0.29, 0.717) is 18.9 Å². The van der Waals surface area contributed by atoms with Gasteiger partial charge in [-0.3, -0.25) is 14.5 Å². The molecule has 5 heteroatoms. The number of carbonyl (C=O) groups excluding carboxylic acids is 1. The van der Waals surface area contributed by atoms with Gasteiger partial charge in [0, 0.05) is 5.69 Å². The Balaban J connectivity index is 1.90. The average Bonchev–Trinajstić information content (AvgIpc) is 2.95. The van der Waals surface area contributed by atoms with Crippen molar-refractivity contribution >= 4 is 17.6 Å². The number of carbonyl (C=O) groups is 2. The Morgan fingerprint density at radius 1 is 1.36 bits per heavy atom. The first-order valence-corrected chi connectivity index (χ1v) is 7.88. The molecule has 1 aliphatic rings. The quantitative estimate of drug-likeness (QED) is 0.848. The molecule has 2 unspecified atom stereocenters. The summed E-state index contributed by atoms with van der Waals surface area (Å²) in [5.74, 6) is -0.502. The van der Waals surface area contributed by atoms with Crippen molar-refractivity contribution in [1.82, 2.24) is 4.90 Å². The molecule has 0 aromatic heterocycles. The standard InChI is InChI=1S/C17H24N2O3/c1-3-12(2)13-6-8-14(9-7-13)18-16(20)11-19-10-4-5-15(19)17(21)22/h6-9,12,15H,3-5,10-11H2,1-2H3,(H,18,20)(H,21,22). The summed E-state index contributed by atoms with van der Waals surface area (Å²) in [6, 6.07) is 7.33. The predicted molar refractivity (Wildman–Crippen MR) is 86.0 cm³/mol. The number of carboxylic acid groups (broad SMARTS) is 1. The fraction of sp³-hybridized carbons (Fsp3) is 0.529. The Morgan fingerprint density at radius 3 is 2.64 bits per heavy atom. The van der Waals surface area contributed by atoms with E-state index < -0.39 is 12.0 Å². The van der Waals surface area contributed by atoms with Crippen LogP contribution in [0, 0.1) is 0 Å². The molecule has 0 bridgehead atoms. The summed E-state index contributed by atoms with van der Waals surface area (Å²) < 4.78 is 0. The van der Waals surface area contributed by atoms with Crippen LogP contribution in [0.15, 0.2) is 24.3 Å². The number of hydrogen-bond donors (Lipinski definition) is 2. The number of benzene rings is 1. The number of anilines is 1. The van der Waals surface area contributed by atoms with E-state index in [9.17, 15) is 9.59 Å². The molecule has 5 nitrogen and oxygen atoms in total. The molecule has 2 N–H and O–H groups in total. The van der Waals surface area contributed by atoms with Gasteiger partial charge in [-0.15, -0.1) is 0 Å². The van der Waals surface area contributed by atoms with E-state index in [2.05, 4.69) is 19.2 Å². The lowest BCUT2D eigenvalue weighted by Gasteiger charge is -2.20. The molecule has 0 saturated carbocycles. The van der Waals surface area contributed by atoms with Gasteiger partial charge in [0.2, 0.25) is 5.91 Å². The number of aliphatic carboxylic acids is 1. The fourth-order valence-corrected chi connectivity index (χ4v) is 2.81. The van der Waals surface area contributed by atoms with Crippen LogP contribution in [0.2, 0.25) is 0 Å². The third-order valence-electron chi connectivity index (χ3n) is 4.37. The molecule has 2 rings (SSSR count). The SMILES string of the molecule is CCC(C)c1ccc(NC(=O)CN2CCCC2C(=O)O)cc1. The van der Waals surface area contributed by atoms with E-state index in [-0.39, 0.29) is 12.5 Å². The molecule has 1 heterocycles. The molecule has 1 fully saturated rings. The Kier molecular flexibility index (Phi) is 5.55. The first-order chi connectivity index (χ1) is 10.5. The summed E-state index contributed by atoms with van der Waals surface area (Å²) in [5.41, 5.74) is 2.01. The highest BCUT2D eigenvalue weighted by atomic mass is 16.4. The van der Waals surface area contributed by atoms with Crippen LogP contribution < -0.4 is 5.32 Å². The monoisotopic (exact) mass is 304 g/mol. The fourth-order valence-electron chi connectivity index (χ4n) is 2.81. The minimum Gasteiger partial charge on any atom is -0.480 e. The van der Waals surface area contributed by atoms with Crippen LogP contribution in [0.5, 0.6) is 0 Å².